The van der Waals surface area contributed by atoms with E-state index in [-0.39, 0.29) is 12.6 Å². The van der Waals surface area contributed by atoms with Gasteiger partial charge in [-0.05, 0) is 12.8 Å². The largest absolute Gasteiger partial charge is 0.466 e. The van der Waals surface area contributed by atoms with Crippen molar-refractivity contribution in [2.75, 3.05) is 13.2 Å². The van der Waals surface area contributed by atoms with Crippen LogP contribution in [-0.4, -0.2) is 24.3 Å². The van der Waals surface area contributed by atoms with E-state index in [9.17, 15) is 4.79 Å². The van der Waals surface area contributed by atoms with Crippen LogP contribution in [0.15, 0.2) is 0 Å². The first-order chi connectivity index (χ1) is 5.77. The Balaban J connectivity index is 3.06. The van der Waals surface area contributed by atoms with E-state index < -0.39 is 0 Å². The number of carbonyl (C=O) groups excluding carboxylic acids is 1. The molecule has 0 amide bonds. The monoisotopic (exact) mass is 170 g/mol. The quantitative estimate of drug-likeness (QED) is 0.384. The number of aliphatic hydroxyl groups is 1. The molecule has 0 radical (unpaired) electrons. The number of rotatable bonds is 4. The van der Waals surface area contributed by atoms with Crippen molar-refractivity contribution in [1.29, 1.82) is 0 Å². The first-order valence-electron chi connectivity index (χ1n) is 3.97. The summed E-state index contributed by atoms with van der Waals surface area (Å²) in [5.41, 5.74) is 0. The Hall–Kier alpha value is -1.01. The van der Waals surface area contributed by atoms with Gasteiger partial charge in [0.25, 0.3) is 0 Å². The van der Waals surface area contributed by atoms with Crippen LogP contribution in [0.25, 0.3) is 0 Å². The molecule has 0 saturated heterocycles. The summed E-state index contributed by atoms with van der Waals surface area (Å²) in [6, 6.07) is 0. The highest BCUT2D eigenvalue weighted by Crippen LogP contribution is 1.94. The van der Waals surface area contributed by atoms with Crippen LogP contribution in [0.1, 0.15) is 26.2 Å². The molecule has 0 atom stereocenters. The average Bonchev–Trinajstić information content (AvgIpc) is 2.02. The lowest BCUT2D eigenvalue weighted by molar-refractivity contribution is -0.141. The lowest BCUT2D eigenvalue weighted by Gasteiger charge is -1.98. The Kier molecular flexibility index (Phi) is 7.41. The SMILES string of the molecule is CC(=O)OCCCCC#CCO. The topological polar surface area (TPSA) is 46.5 Å². The number of hydrogen-bond donors (Lipinski definition) is 1. The summed E-state index contributed by atoms with van der Waals surface area (Å²) < 4.78 is 4.71. The molecule has 3 heteroatoms. The molecule has 0 aliphatic carbocycles. The molecule has 0 bridgehead atoms. The fourth-order valence-electron chi connectivity index (χ4n) is 0.676. The number of hydrogen-bond acceptors (Lipinski definition) is 3. The summed E-state index contributed by atoms with van der Waals surface area (Å²) >= 11 is 0. The van der Waals surface area contributed by atoms with Crippen molar-refractivity contribution < 1.29 is 14.6 Å². The Morgan fingerprint density at radius 1 is 1.42 bits per heavy atom. The minimum Gasteiger partial charge on any atom is -0.466 e. The van der Waals surface area contributed by atoms with Crippen LogP contribution in [0.2, 0.25) is 0 Å². The smallest absolute Gasteiger partial charge is 0.302 e. The minimum absolute atomic E-state index is 0.0794. The first-order valence-corrected chi connectivity index (χ1v) is 3.97. The molecule has 0 unspecified atom stereocenters. The predicted octanol–water partition coefficient (Wildman–Crippen LogP) is 0.716. The number of unbranched alkanes of at least 4 members (excludes halogenated alkanes) is 2. The lowest BCUT2D eigenvalue weighted by Crippen LogP contribution is -1.99. The van der Waals surface area contributed by atoms with E-state index in [1.165, 1.54) is 6.92 Å². The highest BCUT2D eigenvalue weighted by atomic mass is 16.5. The van der Waals surface area contributed by atoms with Gasteiger partial charge in [-0.2, -0.15) is 0 Å². The molecule has 68 valence electrons. The summed E-state index contributed by atoms with van der Waals surface area (Å²) in [6.45, 7) is 1.78. The van der Waals surface area contributed by atoms with Gasteiger partial charge < -0.3 is 9.84 Å². The Morgan fingerprint density at radius 3 is 2.75 bits per heavy atom. The van der Waals surface area contributed by atoms with Crippen molar-refractivity contribution in [3.63, 3.8) is 0 Å². The van der Waals surface area contributed by atoms with Crippen LogP contribution in [0.4, 0.5) is 0 Å². The standard InChI is InChI=1S/C9H14O3/c1-9(11)12-8-6-4-2-3-5-7-10/h10H,2,4,6-8H2,1H3. The number of ether oxygens (including phenoxy) is 1. The van der Waals surface area contributed by atoms with E-state index in [2.05, 4.69) is 11.8 Å². The van der Waals surface area contributed by atoms with Gasteiger partial charge in [-0.25, -0.2) is 0 Å². The number of esters is 1. The van der Waals surface area contributed by atoms with Gasteiger partial charge in [0.1, 0.15) is 6.61 Å². The van der Waals surface area contributed by atoms with E-state index in [1.807, 2.05) is 0 Å². The Labute approximate surface area is 72.7 Å². The Bertz CT molecular complexity index is 176. The molecule has 0 aliphatic rings. The fraction of sp³-hybridized carbons (Fsp3) is 0.667. The molecular weight excluding hydrogens is 156 g/mol. The van der Waals surface area contributed by atoms with Gasteiger partial charge in [0.2, 0.25) is 0 Å². The molecule has 0 aromatic heterocycles. The maximum atomic E-state index is 10.3. The van der Waals surface area contributed by atoms with Crippen LogP contribution in [-0.2, 0) is 9.53 Å². The van der Waals surface area contributed by atoms with Crippen molar-refractivity contribution in [3.05, 3.63) is 0 Å². The van der Waals surface area contributed by atoms with E-state index >= 15 is 0 Å². The highest BCUT2D eigenvalue weighted by Gasteiger charge is 1.90. The normalized spacial score (nSPS) is 8.50. The van der Waals surface area contributed by atoms with Crippen LogP contribution in [0.5, 0.6) is 0 Å². The zero-order chi connectivity index (χ0) is 9.23. The highest BCUT2D eigenvalue weighted by molar-refractivity contribution is 5.65. The molecule has 0 fully saturated rings. The zero-order valence-electron chi connectivity index (χ0n) is 7.30. The molecule has 0 aromatic rings. The van der Waals surface area contributed by atoms with Gasteiger partial charge in [0.15, 0.2) is 0 Å². The minimum atomic E-state index is -0.239. The summed E-state index contributed by atoms with van der Waals surface area (Å²) in [4.78, 5) is 10.3. The van der Waals surface area contributed by atoms with Crippen LogP contribution >= 0.6 is 0 Å². The van der Waals surface area contributed by atoms with E-state index in [1.54, 1.807) is 0 Å². The van der Waals surface area contributed by atoms with Crippen molar-refractivity contribution in [2.45, 2.75) is 26.2 Å². The lowest BCUT2D eigenvalue weighted by atomic mass is 10.2. The van der Waals surface area contributed by atoms with Crippen LogP contribution in [0, 0.1) is 11.8 Å². The number of aliphatic hydroxyl groups excluding tert-OH is 1. The third-order valence-corrected chi connectivity index (χ3v) is 1.21. The summed E-state index contributed by atoms with van der Waals surface area (Å²) in [5.74, 6) is 5.09. The van der Waals surface area contributed by atoms with Gasteiger partial charge in [0.05, 0.1) is 6.61 Å². The Morgan fingerprint density at radius 2 is 2.17 bits per heavy atom. The molecule has 0 heterocycles. The molecule has 12 heavy (non-hydrogen) atoms. The molecule has 3 nitrogen and oxygen atoms in total. The second-order valence-electron chi connectivity index (χ2n) is 2.31. The van der Waals surface area contributed by atoms with Gasteiger partial charge in [-0.15, -0.1) is 5.92 Å². The first kappa shape index (κ1) is 11.0. The van der Waals surface area contributed by atoms with Crippen molar-refractivity contribution in [1.82, 2.24) is 0 Å². The van der Waals surface area contributed by atoms with Gasteiger partial charge in [0, 0.05) is 13.3 Å². The van der Waals surface area contributed by atoms with Crippen LogP contribution < -0.4 is 0 Å². The summed E-state index contributed by atoms with van der Waals surface area (Å²) in [6.07, 6.45) is 2.49. The van der Waals surface area contributed by atoms with Gasteiger partial charge in [-0.1, -0.05) is 5.92 Å². The van der Waals surface area contributed by atoms with Crippen molar-refractivity contribution >= 4 is 5.97 Å². The zero-order valence-corrected chi connectivity index (χ0v) is 7.30. The van der Waals surface area contributed by atoms with Crippen molar-refractivity contribution in [2.24, 2.45) is 0 Å². The molecule has 0 aliphatic heterocycles. The van der Waals surface area contributed by atoms with Crippen LogP contribution in [0.3, 0.4) is 0 Å². The average molecular weight is 170 g/mol. The predicted molar refractivity (Wildman–Crippen MR) is 45.3 cm³/mol. The maximum absolute atomic E-state index is 10.3. The fourth-order valence-corrected chi connectivity index (χ4v) is 0.676. The third-order valence-electron chi connectivity index (χ3n) is 1.21. The molecule has 0 rings (SSSR count). The van der Waals surface area contributed by atoms with Gasteiger partial charge >= 0.3 is 5.97 Å². The van der Waals surface area contributed by atoms with E-state index in [4.69, 9.17) is 9.84 Å². The van der Waals surface area contributed by atoms with Crippen molar-refractivity contribution in [3.8, 4) is 11.8 Å². The maximum Gasteiger partial charge on any atom is 0.302 e. The van der Waals surface area contributed by atoms with E-state index in [0.29, 0.717) is 6.61 Å². The summed E-state index contributed by atoms with van der Waals surface area (Å²) in [7, 11) is 0. The summed E-state index contributed by atoms with van der Waals surface area (Å²) in [5, 5.41) is 8.30. The molecule has 0 aromatic carbocycles. The molecular formula is C9H14O3. The second kappa shape index (κ2) is 8.09. The van der Waals surface area contributed by atoms with E-state index in [0.717, 1.165) is 19.3 Å². The van der Waals surface area contributed by atoms with Gasteiger partial charge in [-0.3, -0.25) is 4.79 Å². The molecule has 0 spiro atoms. The second-order valence-corrected chi connectivity index (χ2v) is 2.31. The number of carbonyl (C=O) groups is 1. The molecule has 1 N–H and O–H groups in total. The third kappa shape index (κ3) is 8.99. The molecule has 0 saturated carbocycles.